The molecule has 0 heterocycles. The Balaban J connectivity index is 2.28. The highest BCUT2D eigenvalue weighted by atomic mass is 16.6. The van der Waals surface area contributed by atoms with Crippen LogP contribution in [-0.2, 0) is 9.53 Å². The van der Waals surface area contributed by atoms with Crippen molar-refractivity contribution in [2.24, 2.45) is 5.73 Å². The molecule has 2 N–H and O–H groups in total. The molecule has 0 aliphatic heterocycles. The molecule has 1 rings (SSSR count). The van der Waals surface area contributed by atoms with Crippen LogP contribution in [-0.4, -0.2) is 11.6 Å². The summed E-state index contributed by atoms with van der Waals surface area (Å²) < 4.78 is 5.25. The molecule has 18 heavy (non-hydrogen) atoms. The fraction of sp³-hybridized carbons (Fsp3) is 0.533. The maximum Gasteiger partial charge on any atom is 0.306 e. The molecule has 100 valence electrons. The number of esters is 1. The molecule has 0 aromatic heterocycles. The average Bonchev–Trinajstić information content (AvgIpc) is 2.27. The molecule has 0 fully saturated rings. The van der Waals surface area contributed by atoms with Gasteiger partial charge in [0.25, 0.3) is 0 Å². The van der Waals surface area contributed by atoms with Crippen molar-refractivity contribution >= 4 is 5.97 Å². The van der Waals surface area contributed by atoms with Crippen molar-refractivity contribution in [2.45, 2.75) is 51.7 Å². The van der Waals surface area contributed by atoms with Gasteiger partial charge in [-0.2, -0.15) is 0 Å². The van der Waals surface area contributed by atoms with Gasteiger partial charge in [0.05, 0.1) is 0 Å². The maximum atomic E-state index is 11.5. The molecule has 0 bridgehead atoms. The van der Waals surface area contributed by atoms with Crippen molar-refractivity contribution in [1.29, 1.82) is 0 Å². The normalized spacial score (nSPS) is 13.1. The molecule has 1 unspecified atom stereocenters. The van der Waals surface area contributed by atoms with E-state index in [4.69, 9.17) is 10.5 Å². The van der Waals surface area contributed by atoms with E-state index in [9.17, 15) is 4.79 Å². The maximum absolute atomic E-state index is 11.5. The molecule has 1 aromatic rings. The fourth-order valence-corrected chi connectivity index (χ4v) is 1.73. The van der Waals surface area contributed by atoms with E-state index < -0.39 is 5.60 Å². The minimum Gasteiger partial charge on any atom is -0.460 e. The number of nitrogens with two attached hydrogens (primary N) is 1. The summed E-state index contributed by atoms with van der Waals surface area (Å²) in [6.45, 7) is 5.63. The first-order valence-corrected chi connectivity index (χ1v) is 6.41. The lowest BCUT2D eigenvalue weighted by Gasteiger charge is -2.19. The van der Waals surface area contributed by atoms with Gasteiger partial charge in [0.15, 0.2) is 0 Å². The number of rotatable bonds is 5. The van der Waals surface area contributed by atoms with E-state index in [1.54, 1.807) is 0 Å². The van der Waals surface area contributed by atoms with Gasteiger partial charge in [-0.1, -0.05) is 30.3 Å². The van der Waals surface area contributed by atoms with E-state index in [1.165, 1.54) is 0 Å². The number of ether oxygens (including phenoxy) is 1. The topological polar surface area (TPSA) is 52.3 Å². The third-order valence-corrected chi connectivity index (χ3v) is 2.54. The largest absolute Gasteiger partial charge is 0.460 e. The monoisotopic (exact) mass is 249 g/mol. The van der Waals surface area contributed by atoms with Crippen molar-refractivity contribution in [3.05, 3.63) is 35.9 Å². The zero-order valence-electron chi connectivity index (χ0n) is 11.5. The zero-order chi connectivity index (χ0) is 13.6. The lowest BCUT2D eigenvalue weighted by atomic mass is 10.0. The van der Waals surface area contributed by atoms with Gasteiger partial charge in [-0.05, 0) is 39.2 Å². The Bertz CT molecular complexity index is 368. The molecular formula is C15H23NO2. The fourth-order valence-electron chi connectivity index (χ4n) is 1.73. The van der Waals surface area contributed by atoms with Crippen LogP contribution in [0, 0.1) is 0 Å². The first kappa shape index (κ1) is 14.7. The predicted molar refractivity (Wildman–Crippen MR) is 73.1 cm³/mol. The van der Waals surface area contributed by atoms with E-state index >= 15 is 0 Å². The zero-order valence-corrected chi connectivity index (χ0v) is 11.5. The second kappa shape index (κ2) is 6.55. The molecule has 0 amide bonds. The van der Waals surface area contributed by atoms with E-state index in [1.807, 2.05) is 51.1 Å². The van der Waals surface area contributed by atoms with Crippen LogP contribution in [0.25, 0.3) is 0 Å². The third-order valence-electron chi connectivity index (χ3n) is 2.54. The number of carbonyl (C=O) groups is 1. The highest BCUT2D eigenvalue weighted by molar-refractivity contribution is 5.69. The SMILES string of the molecule is CC(C)(C)OC(=O)CCCC(N)c1ccccc1. The molecule has 1 aromatic carbocycles. The molecule has 0 saturated carbocycles. The van der Waals surface area contributed by atoms with Gasteiger partial charge in [-0.3, -0.25) is 4.79 Å². The van der Waals surface area contributed by atoms with Crippen LogP contribution in [0.15, 0.2) is 30.3 Å². The summed E-state index contributed by atoms with van der Waals surface area (Å²) in [5, 5.41) is 0. The highest BCUT2D eigenvalue weighted by Gasteiger charge is 2.16. The van der Waals surface area contributed by atoms with Crippen molar-refractivity contribution in [3.63, 3.8) is 0 Å². The van der Waals surface area contributed by atoms with Crippen LogP contribution in [0.4, 0.5) is 0 Å². The molecular weight excluding hydrogens is 226 g/mol. The van der Waals surface area contributed by atoms with Crippen molar-refractivity contribution in [2.75, 3.05) is 0 Å². The Morgan fingerprint density at radius 3 is 2.44 bits per heavy atom. The van der Waals surface area contributed by atoms with Crippen LogP contribution in [0.2, 0.25) is 0 Å². The summed E-state index contributed by atoms with van der Waals surface area (Å²) in [4.78, 5) is 11.5. The third kappa shape index (κ3) is 5.82. The Hall–Kier alpha value is -1.35. The number of hydrogen-bond acceptors (Lipinski definition) is 3. The number of carbonyl (C=O) groups excluding carboxylic acids is 1. The lowest BCUT2D eigenvalue weighted by molar-refractivity contribution is -0.154. The average molecular weight is 249 g/mol. The summed E-state index contributed by atoms with van der Waals surface area (Å²) in [6.07, 6.45) is 1.98. The quantitative estimate of drug-likeness (QED) is 0.815. The molecule has 0 aliphatic carbocycles. The summed E-state index contributed by atoms with van der Waals surface area (Å²) in [5.41, 5.74) is 6.76. The molecule has 0 radical (unpaired) electrons. The highest BCUT2D eigenvalue weighted by Crippen LogP contribution is 2.17. The Morgan fingerprint density at radius 2 is 1.89 bits per heavy atom. The molecule has 3 nitrogen and oxygen atoms in total. The predicted octanol–water partition coefficient (Wildman–Crippen LogP) is 3.20. The van der Waals surface area contributed by atoms with Crippen LogP contribution in [0.1, 0.15) is 51.6 Å². The molecule has 0 spiro atoms. The Morgan fingerprint density at radius 1 is 1.28 bits per heavy atom. The molecule has 3 heteroatoms. The minimum absolute atomic E-state index is 0.00589. The van der Waals surface area contributed by atoms with Crippen LogP contribution < -0.4 is 5.73 Å². The first-order chi connectivity index (χ1) is 8.38. The molecule has 1 atom stereocenters. The summed E-state index contributed by atoms with van der Waals surface area (Å²) in [6, 6.07) is 9.94. The molecule has 0 saturated heterocycles. The summed E-state index contributed by atoms with van der Waals surface area (Å²) in [7, 11) is 0. The second-order valence-electron chi connectivity index (χ2n) is 5.50. The van der Waals surface area contributed by atoms with Gasteiger partial charge in [0.1, 0.15) is 5.60 Å². The van der Waals surface area contributed by atoms with E-state index in [2.05, 4.69) is 0 Å². The minimum atomic E-state index is -0.404. The van der Waals surface area contributed by atoms with E-state index in [0.29, 0.717) is 6.42 Å². The molecule has 0 aliphatic rings. The van der Waals surface area contributed by atoms with Gasteiger partial charge in [0, 0.05) is 12.5 Å². The van der Waals surface area contributed by atoms with E-state index in [-0.39, 0.29) is 12.0 Å². The van der Waals surface area contributed by atoms with Crippen LogP contribution in [0.3, 0.4) is 0 Å². The van der Waals surface area contributed by atoms with Crippen molar-refractivity contribution in [3.8, 4) is 0 Å². The van der Waals surface area contributed by atoms with Gasteiger partial charge in [-0.25, -0.2) is 0 Å². The van der Waals surface area contributed by atoms with Crippen molar-refractivity contribution < 1.29 is 9.53 Å². The van der Waals surface area contributed by atoms with Gasteiger partial charge < -0.3 is 10.5 Å². The summed E-state index contributed by atoms with van der Waals surface area (Å²) in [5.74, 6) is -0.150. The van der Waals surface area contributed by atoms with Gasteiger partial charge in [-0.15, -0.1) is 0 Å². The smallest absolute Gasteiger partial charge is 0.306 e. The lowest BCUT2D eigenvalue weighted by Crippen LogP contribution is -2.23. The summed E-state index contributed by atoms with van der Waals surface area (Å²) >= 11 is 0. The van der Waals surface area contributed by atoms with Crippen LogP contribution in [0.5, 0.6) is 0 Å². The van der Waals surface area contributed by atoms with Gasteiger partial charge in [0.2, 0.25) is 0 Å². The van der Waals surface area contributed by atoms with Crippen molar-refractivity contribution in [1.82, 2.24) is 0 Å². The number of benzene rings is 1. The van der Waals surface area contributed by atoms with E-state index in [0.717, 1.165) is 18.4 Å². The first-order valence-electron chi connectivity index (χ1n) is 6.41. The second-order valence-corrected chi connectivity index (χ2v) is 5.50. The van der Waals surface area contributed by atoms with Crippen LogP contribution >= 0.6 is 0 Å². The Kier molecular flexibility index (Phi) is 5.35. The van der Waals surface area contributed by atoms with Gasteiger partial charge >= 0.3 is 5.97 Å². The number of hydrogen-bond donors (Lipinski definition) is 1. The standard InChI is InChI=1S/C15H23NO2/c1-15(2,3)18-14(17)11-7-10-13(16)12-8-5-4-6-9-12/h4-6,8-9,13H,7,10-11,16H2,1-3H3. The Labute approximate surface area is 109 Å².